The lowest BCUT2D eigenvalue weighted by molar-refractivity contribution is -0.142. The first-order chi connectivity index (χ1) is 15.6. The molecule has 0 aliphatic carbocycles. The van der Waals surface area contributed by atoms with Crippen molar-refractivity contribution >= 4 is 23.7 Å². The molecule has 3 aliphatic rings. The summed E-state index contributed by atoms with van der Waals surface area (Å²) in [4.78, 5) is 43.9. The molecular weight excluding hydrogens is 404 g/mol. The van der Waals surface area contributed by atoms with Crippen LogP contribution in [0.25, 0.3) is 6.08 Å². The summed E-state index contributed by atoms with van der Waals surface area (Å²) in [5.74, 6) is -1.98. The van der Waals surface area contributed by atoms with E-state index >= 15 is 0 Å². The predicted molar refractivity (Wildman–Crippen MR) is 116 cm³/mol. The lowest BCUT2D eigenvalue weighted by Crippen LogP contribution is -2.44. The molecule has 0 bridgehead atoms. The van der Waals surface area contributed by atoms with Crippen LogP contribution >= 0.6 is 0 Å². The van der Waals surface area contributed by atoms with Crippen molar-refractivity contribution in [3.05, 3.63) is 102 Å². The monoisotopic (exact) mass is 424 g/mol. The summed E-state index contributed by atoms with van der Waals surface area (Å²) in [6.45, 7) is 0.206. The minimum atomic E-state index is -0.794. The Bertz CT molecular complexity index is 1250. The van der Waals surface area contributed by atoms with E-state index in [4.69, 9.17) is 4.42 Å². The van der Waals surface area contributed by atoms with E-state index in [2.05, 4.69) is 0 Å². The Morgan fingerprint density at radius 2 is 1.62 bits per heavy atom. The van der Waals surface area contributed by atoms with Gasteiger partial charge in [-0.3, -0.25) is 19.3 Å². The van der Waals surface area contributed by atoms with Gasteiger partial charge in [0.25, 0.3) is 0 Å². The van der Waals surface area contributed by atoms with E-state index in [9.17, 15) is 14.4 Å². The normalized spacial score (nSPS) is 25.6. The number of carbonyl (C=O) groups excluding carboxylic acids is 3. The number of fused-ring (bicyclic) bond motifs is 5. The molecule has 2 aromatic carbocycles. The Labute approximate surface area is 184 Å². The molecule has 0 saturated carbocycles. The van der Waals surface area contributed by atoms with Crippen LogP contribution < -0.4 is 0 Å². The number of furan rings is 1. The number of imide groups is 1. The van der Waals surface area contributed by atoms with Gasteiger partial charge in [0.15, 0.2) is 5.76 Å². The highest BCUT2D eigenvalue weighted by atomic mass is 16.3. The fourth-order valence-corrected chi connectivity index (χ4v) is 5.41. The van der Waals surface area contributed by atoms with Crippen LogP contribution in [0.1, 0.15) is 33.3 Å². The van der Waals surface area contributed by atoms with E-state index in [0.717, 1.165) is 16.7 Å². The van der Waals surface area contributed by atoms with Crippen molar-refractivity contribution in [3.8, 4) is 0 Å². The first kappa shape index (κ1) is 18.8. The van der Waals surface area contributed by atoms with Crippen LogP contribution in [0, 0.1) is 11.8 Å². The molecule has 6 heteroatoms. The number of rotatable bonds is 4. The molecule has 1 aromatic heterocycles. The third kappa shape index (κ3) is 2.62. The van der Waals surface area contributed by atoms with Crippen molar-refractivity contribution < 1.29 is 18.8 Å². The molecule has 4 heterocycles. The average Bonchev–Trinajstić information content (AvgIpc) is 3.53. The number of Topliss-reactive ketones (excluding diaryl/α,β-unsaturated/α-hetero) is 1. The van der Waals surface area contributed by atoms with Crippen molar-refractivity contribution in [2.24, 2.45) is 11.8 Å². The molecule has 2 fully saturated rings. The summed E-state index contributed by atoms with van der Waals surface area (Å²) < 4.78 is 5.38. The van der Waals surface area contributed by atoms with Gasteiger partial charge in [-0.15, -0.1) is 0 Å². The van der Waals surface area contributed by atoms with E-state index in [1.165, 1.54) is 11.2 Å². The highest BCUT2D eigenvalue weighted by molar-refractivity contribution is 6.11. The molecule has 0 N–H and O–H groups in total. The first-order valence-corrected chi connectivity index (χ1v) is 10.7. The van der Waals surface area contributed by atoms with Crippen LogP contribution in [0.4, 0.5) is 0 Å². The van der Waals surface area contributed by atoms with Crippen LogP contribution in [0.5, 0.6) is 0 Å². The van der Waals surface area contributed by atoms with E-state index in [1.54, 1.807) is 12.1 Å². The molecule has 158 valence electrons. The van der Waals surface area contributed by atoms with Crippen molar-refractivity contribution in [2.75, 3.05) is 0 Å². The third-order valence-corrected chi connectivity index (χ3v) is 6.77. The van der Waals surface area contributed by atoms with Gasteiger partial charge in [0, 0.05) is 6.20 Å². The van der Waals surface area contributed by atoms with Gasteiger partial charge < -0.3 is 9.32 Å². The molecule has 2 amide bonds. The molecule has 0 radical (unpaired) electrons. The first-order valence-electron chi connectivity index (χ1n) is 10.7. The second kappa shape index (κ2) is 7.05. The van der Waals surface area contributed by atoms with E-state index in [0.29, 0.717) is 0 Å². The number of carbonyl (C=O) groups is 3. The molecule has 0 unspecified atom stereocenters. The van der Waals surface area contributed by atoms with E-state index in [-0.39, 0.29) is 35.9 Å². The number of ketones is 1. The fourth-order valence-electron chi connectivity index (χ4n) is 5.41. The van der Waals surface area contributed by atoms with E-state index in [1.807, 2.05) is 71.8 Å². The topological polar surface area (TPSA) is 70.8 Å². The summed E-state index contributed by atoms with van der Waals surface area (Å²) in [6, 6.07) is 19.4. The smallest absolute Gasteiger partial charge is 0.236 e. The minimum Gasteiger partial charge on any atom is -0.461 e. The van der Waals surface area contributed by atoms with Gasteiger partial charge in [0.05, 0.1) is 30.7 Å². The SMILES string of the molecule is O=C(c1ccco1)[C@@H]1[C@@H]2C(=O)N(Cc3ccccc3)C(=O)[C@@H]2[C@H]2c3ccccc3C=CN12. The second-order valence-corrected chi connectivity index (χ2v) is 8.42. The third-order valence-electron chi connectivity index (χ3n) is 6.77. The van der Waals surface area contributed by atoms with Gasteiger partial charge in [-0.2, -0.15) is 0 Å². The molecule has 0 spiro atoms. The Balaban J connectivity index is 1.45. The molecular formula is C26H20N2O4. The highest BCUT2D eigenvalue weighted by Gasteiger charge is 2.64. The minimum absolute atomic E-state index is 0.198. The largest absolute Gasteiger partial charge is 0.461 e. The van der Waals surface area contributed by atoms with Crippen LogP contribution in [0.2, 0.25) is 0 Å². The predicted octanol–water partition coefficient (Wildman–Crippen LogP) is 3.67. The Morgan fingerprint density at radius 1 is 0.875 bits per heavy atom. The zero-order valence-corrected chi connectivity index (χ0v) is 17.1. The molecule has 3 aromatic rings. The summed E-state index contributed by atoms with van der Waals surface area (Å²) in [6.07, 6.45) is 5.23. The zero-order valence-electron chi connectivity index (χ0n) is 17.1. The number of nitrogens with zero attached hydrogens (tertiary/aromatic N) is 2. The number of benzene rings is 2. The summed E-state index contributed by atoms with van der Waals surface area (Å²) >= 11 is 0. The maximum absolute atomic E-state index is 13.6. The number of hydrogen-bond donors (Lipinski definition) is 0. The Morgan fingerprint density at radius 3 is 2.41 bits per heavy atom. The summed E-state index contributed by atoms with van der Waals surface area (Å²) in [5, 5.41) is 0. The maximum Gasteiger partial charge on any atom is 0.236 e. The molecule has 32 heavy (non-hydrogen) atoms. The van der Waals surface area contributed by atoms with Gasteiger partial charge >= 0.3 is 0 Å². The number of likely N-dealkylation sites (tertiary alicyclic amines) is 1. The molecule has 6 rings (SSSR count). The van der Waals surface area contributed by atoms with Crippen molar-refractivity contribution in [3.63, 3.8) is 0 Å². The Kier molecular flexibility index (Phi) is 4.15. The van der Waals surface area contributed by atoms with Crippen molar-refractivity contribution in [1.82, 2.24) is 9.80 Å². The second-order valence-electron chi connectivity index (χ2n) is 8.42. The lowest BCUT2D eigenvalue weighted by Gasteiger charge is -2.35. The number of amides is 2. The number of hydrogen-bond acceptors (Lipinski definition) is 5. The summed E-state index contributed by atoms with van der Waals surface area (Å²) in [5.41, 5.74) is 2.84. The van der Waals surface area contributed by atoms with Crippen LogP contribution in [0.3, 0.4) is 0 Å². The maximum atomic E-state index is 13.6. The van der Waals surface area contributed by atoms with E-state index < -0.39 is 17.9 Å². The van der Waals surface area contributed by atoms with Crippen LogP contribution in [0.15, 0.2) is 83.6 Å². The molecule has 4 atom stereocenters. The molecule has 2 saturated heterocycles. The summed E-state index contributed by atoms with van der Waals surface area (Å²) in [7, 11) is 0. The fraction of sp³-hybridized carbons (Fsp3) is 0.192. The quantitative estimate of drug-likeness (QED) is 0.472. The highest BCUT2D eigenvalue weighted by Crippen LogP contribution is 2.53. The van der Waals surface area contributed by atoms with Crippen LogP contribution in [-0.2, 0) is 16.1 Å². The van der Waals surface area contributed by atoms with Crippen LogP contribution in [-0.4, -0.2) is 33.4 Å². The van der Waals surface area contributed by atoms with Crippen molar-refractivity contribution in [1.29, 1.82) is 0 Å². The standard InChI is InChI=1S/C26H20N2O4/c29-24(19-11-6-14-32-19)23-21-20(22-18-10-5-4-9-17(18)12-13-27(22)23)25(30)28(26(21)31)15-16-7-2-1-3-8-16/h1-14,20-23H,15H2/t20-,21+,22+,23-/m0/s1. The van der Waals surface area contributed by atoms with Crippen molar-refractivity contribution in [2.45, 2.75) is 18.6 Å². The average molecular weight is 424 g/mol. The van der Waals surface area contributed by atoms with Gasteiger partial charge in [0.2, 0.25) is 17.6 Å². The molecule has 6 nitrogen and oxygen atoms in total. The molecule has 3 aliphatic heterocycles. The van der Waals surface area contributed by atoms with Gasteiger partial charge in [-0.25, -0.2) is 0 Å². The van der Waals surface area contributed by atoms with Gasteiger partial charge in [0.1, 0.15) is 6.04 Å². The Hall–Kier alpha value is -3.93. The van der Waals surface area contributed by atoms with Gasteiger partial charge in [-0.1, -0.05) is 54.6 Å². The van der Waals surface area contributed by atoms with Gasteiger partial charge in [-0.05, 0) is 34.9 Å². The lowest BCUT2D eigenvalue weighted by atomic mass is 9.84. The zero-order chi connectivity index (χ0) is 21.8.